The molecule has 2 amide bonds. The number of hydrogen-bond acceptors (Lipinski definition) is 7. The van der Waals surface area contributed by atoms with E-state index in [2.05, 4.69) is 32.6 Å². The van der Waals surface area contributed by atoms with Crippen molar-refractivity contribution >= 4 is 45.5 Å². The highest BCUT2D eigenvalue weighted by Gasteiger charge is 2.44. The monoisotopic (exact) mass is 507 g/mol. The van der Waals surface area contributed by atoms with Crippen molar-refractivity contribution in [2.24, 2.45) is 5.92 Å². The molecular weight excluding hydrogens is 486 g/mol. The van der Waals surface area contributed by atoms with E-state index in [9.17, 15) is 19.6 Å². The van der Waals surface area contributed by atoms with Gasteiger partial charge in [0.05, 0.1) is 35.6 Å². The Labute approximate surface area is 192 Å². The maximum absolute atomic E-state index is 12.8. The van der Waals surface area contributed by atoms with Gasteiger partial charge in [0.1, 0.15) is 5.92 Å². The number of nitrogens with one attached hydrogen (secondary N) is 2. The summed E-state index contributed by atoms with van der Waals surface area (Å²) in [6.45, 7) is 1.14. The highest BCUT2D eigenvalue weighted by molar-refractivity contribution is 9.10. The van der Waals surface area contributed by atoms with Crippen LogP contribution < -0.4 is 10.6 Å². The molecule has 31 heavy (non-hydrogen) atoms. The minimum Gasteiger partial charge on any atom is -0.468 e. The number of allylic oxidation sites excluding steroid dienone is 1. The van der Waals surface area contributed by atoms with E-state index in [1.807, 2.05) is 6.07 Å². The van der Waals surface area contributed by atoms with Gasteiger partial charge in [-0.05, 0) is 30.5 Å². The molecule has 2 aliphatic rings. The number of ether oxygens (including phenoxy) is 2. The summed E-state index contributed by atoms with van der Waals surface area (Å²) in [7, 11) is 1.20. The Kier molecular flexibility index (Phi) is 8.12. The first-order valence-corrected chi connectivity index (χ1v) is 11.5. The zero-order chi connectivity index (χ0) is 22.4. The number of carbonyl (C=O) groups excluding carboxylic acids is 3. The maximum atomic E-state index is 12.8. The molecule has 1 aromatic rings. The lowest BCUT2D eigenvalue weighted by Crippen LogP contribution is -2.44. The Morgan fingerprint density at radius 3 is 2.90 bits per heavy atom. The van der Waals surface area contributed by atoms with Gasteiger partial charge in [0.25, 0.3) is 0 Å². The number of amides is 2. The van der Waals surface area contributed by atoms with Gasteiger partial charge < -0.3 is 20.1 Å². The molecule has 0 bridgehead atoms. The second-order valence-electron chi connectivity index (χ2n) is 7.11. The zero-order valence-corrected chi connectivity index (χ0v) is 19.3. The molecule has 0 unspecified atom stereocenters. The van der Waals surface area contributed by atoms with Crippen LogP contribution in [0.2, 0.25) is 0 Å². The minimum absolute atomic E-state index is 0.0155. The summed E-state index contributed by atoms with van der Waals surface area (Å²) in [5, 5.41) is 15.6. The van der Waals surface area contributed by atoms with E-state index in [0.29, 0.717) is 18.7 Å². The van der Waals surface area contributed by atoms with Crippen LogP contribution in [0.5, 0.6) is 0 Å². The van der Waals surface area contributed by atoms with Crippen molar-refractivity contribution in [3.63, 3.8) is 0 Å². The molecule has 3 atom stereocenters. The smallest absolute Gasteiger partial charge is 0.319 e. The van der Waals surface area contributed by atoms with Crippen LogP contribution in [0.4, 0.5) is 0 Å². The molecule has 2 N–H and O–H groups in total. The van der Waals surface area contributed by atoms with Crippen LogP contribution >= 0.6 is 27.7 Å². The second-order valence-corrected chi connectivity index (χ2v) is 9.01. The lowest BCUT2D eigenvalue weighted by Gasteiger charge is -2.31. The van der Waals surface area contributed by atoms with Crippen LogP contribution in [0.3, 0.4) is 0 Å². The van der Waals surface area contributed by atoms with E-state index in [0.717, 1.165) is 29.1 Å². The number of rotatable bonds is 7. The van der Waals surface area contributed by atoms with Gasteiger partial charge in [-0.1, -0.05) is 39.8 Å². The molecule has 0 aromatic heterocycles. The summed E-state index contributed by atoms with van der Waals surface area (Å²) in [6.07, 6.45) is 1.92. The van der Waals surface area contributed by atoms with Crippen LogP contribution in [-0.4, -0.2) is 49.9 Å². The van der Waals surface area contributed by atoms with Gasteiger partial charge in [0, 0.05) is 23.5 Å². The van der Waals surface area contributed by atoms with Crippen molar-refractivity contribution in [2.75, 3.05) is 26.0 Å². The number of thioether (sulfide) groups is 1. The summed E-state index contributed by atoms with van der Waals surface area (Å²) >= 11 is 4.44. The van der Waals surface area contributed by atoms with Crippen LogP contribution in [0.25, 0.3) is 0 Å². The van der Waals surface area contributed by atoms with Crippen LogP contribution in [0.1, 0.15) is 24.3 Å². The summed E-state index contributed by atoms with van der Waals surface area (Å²) < 4.78 is 11.1. The highest BCUT2D eigenvalue weighted by atomic mass is 79.9. The Balaban J connectivity index is 1.82. The Morgan fingerprint density at radius 1 is 1.45 bits per heavy atom. The molecule has 0 radical (unpaired) electrons. The number of methoxy groups -OCH3 is 1. The molecule has 3 rings (SSSR count). The number of benzene rings is 1. The molecule has 164 valence electrons. The molecule has 10 heteroatoms. The number of esters is 1. The van der Waals surface area contributed by atoms with E-state index in [1.165, 1.54) is 7.11 Å². The number of hydrogen-bond donors (Lipinski definition) is 2. The minimum atomic E-state index is -1.20. The van der Waals surface area contributed by atoms with E-state index in [1.54, 1.807) is 18.2 Å². The van der Waals surface area contributed by atoms with Gasteiger partial charge in [0.2, 0.25) is 11.8 Å². The van der Waals surface area contributed by atoms with Gasteiger partial charge >= 0.3 is 5.97 Å². The molecule has 0 aliphatic carbocycles. The summed E-state index contributed by atoms with van der Waals surface area (Å²) in [5.41, 5.74) is 0.835. The van der Waals surface area contributed by atoms with Gasteiger partial charge in [0.15, 0.2) is 0 Å². The van der Waals surface area contributed by atoms with E-state index in [-0.39, 0.29) is 28.4 Å². The van der Waals surface area contributed by atoms with E-state index in [4.69, 9.17) is 9.47 Å². The van der Waals surface area contributed by atoms with Crippen molar-refractivity contribution in [3.8, 4) is 6.07 Å². The molecule has 0 spiro atoms. The molecule has 1 aromatic carbocycles. The molecular formula is C21H22BrN3O5S. The quantitative estimate of drug-likeness (QED) is 0.429. The number of halogens is 1. The summed E-state index contributed by atoms with van der Waals surface area (Å²) in [5.74, 6) is -3.53. The fourth-order valence-electron chi connectivity index (χ4n) is 3.60. The third kappa shape index (κ3) is 5.67. The third-order valence-electron chi connectivity index (χ3n) is 5.09. The normalized spacial score (nSPS) is 23.1. The van der Waals surface area contributed by atoms with Crippen molar-refractivity contribution < 1.29 is 23.9 Å². The molecule has 2 heterocycles. The lowest BCUT2D eigenvalue weighted by atomic mass is 9.78. The zero-order valence-electron chi connectivity index (χ0n) is 16.9. The largest absolute Gasteiger partial charge is 0.468 e. The Bertz CT molecular complexity index is 939. The Hall–Kier alpha value is -2.35. The lowest BCUT2D eigenvalue weighted by molar-refractivity contribution is -0.150. The summed E-state index contributed by atoms with van der Waals surface area (Å²) in [4.78, 5) is 37.4. The molecule has 2 aliphatic heterocycles. The summed E-state index contributed by atoms with van der Waals surface area (Å²) in [6, 6.07) is 9.20. The maximum Gasteiger partial charge on any atom is 0.319 e. The second kappa shape index (κ2) is 10.8. The topological polar surface area (TPSA) is 118 Å². The highest BCUT2D eigenvalue weighted by Crippen LogP contribution is 2.40. The average molecular weight is 508 g/mol. The number of nitrogens with zero attached hydrogens (tertiary/aromatic N) is 1. The van der Waals surface area contributed by atoms with Gasteiger partial charge in [-0.25, -0.2) is 0 Å². The first-order chi connectivity index (χ1) is 14.9. The van der Waals surface area contributed by atoms with Crippen molar-refractivity contribution in [2.45, 2.75) is 24.9 Å². The predicted molar refractivity (Wildman–Crippen MR) is 118 cm³/mol. The molecule has 8 nitrogen and oxygen atoms in total. The predicted octanol–water partition coefficient (Wildman–Crippen LogP) is 2.22. The molecule has 1 fully saturated rings. The average Bonchev–Trinajstić information content (AvgIpc) is 3.29. The third-order valence-corrected chi connectivity index (χ3v) is 6.60. The fraction of sp³-hybridized carbons (Fsp3) is 0.429. The fourth-order valence-corrected chi connectivity index (χ4v) is 4.90. The van der Waals surface area contributed by atoms with Crippen LogP contribution in [-0.2, 0) is 23.9 Å². The Morgan fingerprint density at radius 2 is 2.26 bits per heavy atom. The first kappa shape index (κ1) is 23.3. The van der Waals surface area contributed by atoms with Gasteiger partial charge in [-0.2, -0.15) is 5.26 Å². The van der Waals surface area contributed by atoms with Gasteiger partial charge in [-0.3, -0.25) is 14.4 Å². The van der Waals surface area contributed by atoms with Crippen LogP contribution in [0.15, 0.2) is 39.3 Å². The number of carbonyl (C=O) groups is 3. The van der Waals surface area contributed by atoms with Crippen molar-refractivity contribution in [3.05, 3.63) is 44.9 Å². The van der Waals surface area contributed by atoms with Crippen molar-refractivity contribution in [1.29, 1.82) is 5.26 Å². The van der Waals surface area contributed by atoms with E-state index < -0.39 is 23.7 Å². The molecule has 0 saturated carbocycles. The van der Waals surface area contributed by atoms with Crippen LogP contribution in [0, 0.1) is 17.2 Å². The SMILES string of the molecule is COC(=O)[C@@H]1C(=O)NC(SCC(=O)NC[C@H]2CCCO2)=C(C#N)[C@H]1c1cccc(Br)c1. The number of nitriles is 1. The first-order valence-electron chi connectivity index (χ1n) is 9.74. The van der Waals surface area contributed by atoms with Gasteiger partial charge in [-0.15, -0.1) is 0 Å². The van der Waals surface area contributed by atoms with E-state index >= 15 is 0 Å². The standard InChI is InChI=1S/C21H22BrN3O5S/c1-29-21(28)18-17(12-4-2-5-13(22)8-12)15(9-23)20(25-19(18)27)31-11-16(26)24-10-14-6-3-7-30-14/h2,4-5,8,14,17-18H,3,6-7,10-11H2,1H3,(H,24,26)(H,25,27)/t14-,17-,18+/m1/s1. The van der Waals surface area contributed by atoms with Crippen molar-refractivity contribution in [1.82, 2.24) is 10.6 Å². The molecule has 1 saturated heterocycles.